The van der Waals surface area contributed by atoms with Crippen LogP contribution in [0.4, 0.5) is 5.82 Å². The first kappa shape index (κ1) is 22.4. The molecular formula is C30H35N5. The molecule has 1 spiro atoms. The average Bonchev–Trinajstić information content (AvgIpc) is 3.28. The second-order valence-corrected chi connectivity index (χ2v) is 11.6. The fourth-order valence-electron chi connectivity index (χ4n) is 6.09. The Morgan fingerprint density at radius 2 is 1.77 bits per heavy atom. The normalized spacial score (nSPS) is 21.0. The standard InChI is InChI=1S/C30H35N5/c1-29(2,3)23-10-6-9-21(15-23)27-28-24(18-32-27)34-26(19-33-28)35-13-11-30(12-14-35)17-22-8-5-4-7-20(22)16-25(30)31/h4-10,15,19,25H,11-14,16-18,31H2,1-3H3/t25-/m1/s1. The van der Waals surface area contributed by atoms with Crippen LogP contribution in [-0.2, 0) is 24.8 Å². The van der Waals surface area contributed by atoms with Gasteiger partial charge in [0, 0.05) is 24.7 Å². The van der Waals surface area contributed by atoms with Crippen LogP contribution >= 0.6 is 0 Å². The number of nitrogens with zero attached hydrogens (tertiary/aromatic N) is 4. The molecule has 1 aromatic heterocycles. The van der Waals surface area contributed by atoms with Crippen LogP contribution < -0.4 is 10.6 Å². The van der Waals surface area contributed by atoms with E-state index in [0.29, 0.717) is 6.54 Å². The fraction of sp³-hybridized carbons (Fsp3) is 0.433. The summed E-state index contributed by atoms with van der Waals surface area (Å²) in [5.74, 6) is 0.975. The van der Waals surface area contributed by atoms with Crippen LogP contribution in [0.1, 0.15) is 67.3 Å². The van der Waals surface area contributed by atoms with Gasteiger partial charge < -0.3 is 10.6 Å². The summed E-state index contributed by atoms with van der Waals surface area (Å²) >= 11 is 0. The maximum absolute atomic E-state index is 6.76. The summed E-state index contributed by atoms with van der Waals surface area (Å²) in [5.41, 5.74) is 15.3. The number of aromatic nitrogens is 2. The first-order chi connectivity index (χ1) is 16.8. The van der Waals surface area contributed by atoms with Crippen LogP contribution in [0.25, 0.3) is 0 Å². The molecule has 2 aliphatic heterocycles. The number of hydrogen-bond donors (Lipinski definition) is 1. The zero-order valence-electron chi connectivity index (χ0n) is 21.1. The van der Waals surface area contributed by atoms with Gasteiger partial charge in [-0.1, -0.05) is 63.2 Å². The van der Waals surface area contributed by atoms with Gasteiger partial charge in [-0.05, 0) is 59.3 Å². The SMILES string of the molecule is CC(C)(C)c1cccc(C2=NCc3nc(N4CCC5(CC4)Cc4ccccc4C[C@H]5N)cnc32)c1. The summed E-state index contributed by atoms with van der Waals surface area (Å²) in [6.07, 6.45) is 6.23. The van der Waals surface area contributed by atoms with Crippen molar-refractivity contribution < 1.29 is 0 Å². The third-order valence-corrected chi connectivity index (χ3v) is 8.42. The highest BCUT2D eigenvalue weighted by Crippen LogP contribution is 2.43. The first-order valence-electron chi connectivity index (χ1n) is 12.9. The van der Waals surface area contributed by atoms with Crippen molar-refractivity contribution in [2.45, 2.75) is 64.5 Å². The maximum Gasteiger partial charge on any atom is 0.147 e. The Labute approximate surface area is 208 Å². The minimum absolute atomic E-state index is 0.0993. The second-order valence-electron chi connectivity index (χ2n) is 11.6. The monoisotopic (exact) mass is 465 g/mol. The molecule has 1 fully saturated rings. The molecule has 180 valence electrons. The maximum atomic E-state index is 6.76. The molecule has 0 radical (unpaired) electrons. The van der Waals surface area contributed by atoms with Gasteiger partial charge in [-0.3, -0.25) is 4.99 Å². The van der Waals surface area contributed by atoms with Crippen molar-refractivity contribution in [1.29, 1.82) is 0 Å². The molecule has 3 aromatic rings. The molecule has 0 bridgehead atoms. The molecule has 0 saturated carbocycles. The van der Waals surface area contributed by atoms with Crippen LogP contribution in [0.15, 0.2) is 59.7 Å². The molecule has 5 heteroatoms. The molecule has 3 heterocycles. The van der Waals surface area contributed by atoms with E-state index in [1.165, 1.54) is 16.7 Å². The van der Waals surface area contributed by atoms with Crippen molar-refractivity contribution in [3.05, 3.63) is 88.4 Å². The average molecular weight is 466 g/mol. The molecular weight excluding hydrogens is 430 g/mol. The summed E-state index contributed by atoms with van der Waals surface area (Å²) < 4.78 is 0. The minimum Gasteiger partial charge on any atom is -0.355 e. The molecule has 2 aromatic carbocycles. The molecule has 35 heavy (non-hydrogen) atoms. The van der Waals surface area contributed by atoms with Crippen LogP contribution in [0.3, 0.4) is 0 Å². The van der Waals surface area contributed by atoms with E-state index in [4.69, 9.17) is 20.7 Å². The van der Waals surface area contributed by atoms with Crippen LogP contribution in [0.5, 0.6) is 0 Å². The number of hydrogen-bond acceptors (Lipinski definition) is 5. The first-order valence-corrected chi connectivity index (χ1v) is 12.9. The van der Waals surface area contributed by atoms with Crippen LogP contribution in [0, 0.1) is 5.41 Å². The van der Waals surface area contributed by atoms with E-state index in [1.807, 2.05) is 6.20 Å². The Morgan fingerprint density at radius 1 is 1.00 bits per heavy atom. The van der Waals surface area contributed by atoms with E-state index in [9.17, 15) is 0 Å². The van der Waals surface area contributed by atoms with E-state index >= 15 is 0 Å². The third-order valence-electron chi connectivity index (χ3n) is 8.42. The molecule has 1 saturated heterocycles. The summed E-state index contributed by atoms with van der Waals surface area (Å²) in [5, 5.41) is 0. The summed E-state index contributed by atoms with van der Waals surface area (Å²) in [6, 6.07) is 17.7. The van der Waals surface area contributed by atoms with Gasteiger partial charge in [0.05, 0.1) is 24.1 Å². The van der Waals surface area contributed by atoms with E-state index < -0.39 is 0 Å². The zero-order valence-corrected chi connectivity index (χ0v) is 21.1. The zero-order chi connectivity index (χ0) is 24.2. The largest absolute Gasteiger partial charge is 0.355 e. The Balaban J connectivity index is 1.19. The number of aliphatic imine (C=N–C) groups is 1. The Kier molecular flexibility index (Phi) is 5.29. The van der Waals surface area contributed by atoms with E-state index in [-0.39, 0.29) is 16.9 Å². The Morgan fingerprint density at radius 3 is 2.54 bits per heavy atom. The second kappa shape index (κ2) is 8.27. The predicted octanol–water partition coefficient (Wildman–Crippen LogP) is 4.84. The molecule has 0 amide bonds. The number of piperidine rings is 1. The molecule has 0 unspecified atom stereocenters. The third kappa shape index (κ3) is 3.96. The number of rotatable bonds is 2. The lowest BCUT2D eigenvalue weighted by molar-refractivity contribution is 0.154. The van der Waals surface area contributed by atoms with Crippen molar-refractivity contribution in [2.75, 3.05) is 18.0 Å². The molecule has 1 atom stereocenters. The van der Waals surface area contributed by atoms with Crippen molar-refractivity contribution in [3.8, 4) is 0 Å². The van der Waals surface area contributed by atoms with Crippen molar-refractivity contribution in [2.24, 2.45) is 16.1 Å². The van der Waals surface area contributed by atoms with Crippen molar-refractivity contribution >= 4 is 11.5 Å². The van der Waals surface area contributed by atoms with Crippen molar-refractivity contribution in [3.63, 3.8) is 0 Å². The molecule has 2 N–H and O–H groups in total. The fourth-order valence-corrected chi connectivity index (χ4v) is 6.09. The van der Waals surface area contributed by atoms with E-state index in [2.05, 4.69) is 74.2 Å². The Bertz CT molecular complexity index is 1290. The summed E-state index contributed by atoms with van der Waals surface area (Å²) in [7, 11) is 0. The number of benzene rings is 2. The van der Waals surface area contributed by atoms with Gasteiger partial charge in [-0.25, -0.2) is 9.97 Å². The minimum atomic E-state index is 0.0993. The van der Waals surface area contributed by atoms with Gasteiger partial charge in [0.25, 0.3) is 0 Å². The lowest BCUT2D eigenvalue weighted by Gasteiger charge is -2.48. The molecule has 5 nitrogen and oxygen atoms in total. The number of nitrogens with two attached hydrogens (primary N) is 1. The lowest BCUT2D eigenvalue weighted by atomic mass is 9.63. The van der Waals surface area contributed by atoms with Crippen LogP contribution in [0.2, 0.25) is 0 Å². The summed E-state index contributed by atoms with van der Waals surface area (Å²) in [6.45, 7) is 9.28. The van der Waals surface area contributed by atoms with Gasteiger partial charge >= 0.3 is 0 Å². The van der Waals surface area contributed by atoms with Gasteiger partial charge in [0.1, 0.15) is 11.5 Å². The highest BCUT2D eigenvalue weighted by atomic mass is 15.2. The van der Waals surface area contributed by atoms with Gasteiger partial charge in [-0.2, -0.15) is 0 Å². The van der Waals surface area contributed by atoms with Crippen molar-refractivity contribution in [1.82, 2.24) is 9.97 Å². The van der Waals surface area contributed by atoms with Gasteiger partial charge in [0.15, 0.2) is 0 Å². The smallest absolute Gasteiger partial charge is 0.147 e. The van der Waals surface area contributed by atoms with Gasteiger partial charge in [-0.15, -0.1) is 0 Å². The topological polar surface area (TPSA) is 67.4 Å². The van der Waals surface area contributed by atoms with Crippen LogP contribution in [-0.4, -0.2) is 34.8 Å². The highest BCUT2D eigenvalue weighted by Gasteiger charge is 2.43. The lowest BCUT2D eigenvalue weighted by Crippen LogP contribution is -2.54. The summed E-state index contributed by atoms with van der Waals surface area (Å²) in [4.78, 5) is 17.1. The molecule has 3 aliphatic rings. The number of anilines is 1. The molecule has 1 aliphatic carbocycles. The van der Waals surface area contributed by atoms with E-state index in [0.717, 1.165) is 67.3 Å². The van der Waals surface area contributed by atoms with Gasteiger partial charge in [0.2, 0.25) is 0 Å². The highest BCUT2D eigenvalue weighted by molar-refractivity contribution is 6.13. The quantitative estimate of drug-likeness (QED) is 0.588. The predicted molar refractivity (Wildman–Crippen MR) is 142 cm³/mol. The van der Waals surface area contributed by atoms with E-state index in [1.54, 1.807) is 0 Å². The molecule has 6 rings (SSSR count). The Hall–Kier alpha value is -3.05. The number of fused-ring (bicyclic) bond motifs is 2.